The van der Waals surface area contributed by atoms with Crippen molar-refractivity contribution in [2.24, 2.45) is 5.92 Å². The monoisotopic (exact) mass is 375 g/mol. The molecule has 0 amide bonds. The molecule has 0 bridgehead atoms. The van der Waals surface area contributed by atoms with Gasteiger partial charge in [0.05, 0.1) is 18.1 Å². The topological polar surface area (TPSA) is 52.3 Å². The van der Waals surface area contributed by atoms with E-state index in [2.05, 4.69) is 31.2 Å². The van der Waals surface area contributed by atoms with Crippen LogP contribution in [0.3, 0.4) is 0 Å². The number of para-hydroxylation sites is 2. The van der Waals surface area contributed by atoms with Gasteiger partial charge in [0, 0.05) is 15.8 Å². The fourth-order valence-electron chi connectivity index (χ4n) is 3.34. The third-order valence-corrected chi connectivity index (χ3v) is 6.33. The summed E-state index contributed by atoms with van der Waals surface area (Å²) in [7, 11) is 0. The molecule has 0 aliphatic carbocycles. The number of carbonyl (C=O) groups excluding carboxylic acids is 1. The molecule has 0 aromatic heterocycles. The van der Waals surface area contributed by atoms with Gasteiger partial charge < -0.3 is 10.5 Å². The van der Waals surface area contributed by atoms with Crippen LogP contribution >= 0.6 is 11.8 Å². The highest BCUT2D eigenvalue weighted by molar-refractivity contribution is 7.99. The number of nitrogen functional groups attached to an aromatic ring is 1. The van der Waals surface area contributed by atoms with E-state index in [1.807, 2.05) is 48.5 Å². The average molecular weight is 375 g/mol. The number of hydrogen-bond donors (Lipinski definition) is 1. The number of fused-ring (bicyclic) bond motifs is 1. The van der Waals surface area contributed by atoms with Gasteiger partial charge >= 0.3 is 0 Å². The zero-order valence-electron chi connectivity index (χ0n) is 15.1. The maximum Gasteiger partial charge on any atom is 0.174 e. The Kier molecular flexibility index (Phi) is 4.90. The van der Waals surface area contributed by atoms with Gasteiger partial charge in [0.2, 0.25) is 0 Å². The summed E-state index contributed by atoms with van der Waals surface area (Å²) in [6.45, 7) is 2.43. The van der Waals surface area contributed by atoms with Gasteiger partial charge in [0.25, 0.3) is 0 Å². The molecule has 0 radical (unpaired) electrons. The summed E-state index contributed by atoms with van der Waals surface area (Å²) in [6, 6.07) is 23.6. The van der Waals surface area contributed by atoms with Crippen LogP contribution in [0.15, 0.2) is 77.7 Å². The zero-order valence-corrected chi connectivity index (χ0v) is 15.9. The predicted octanol–water partition coefficient (Wildman–Crippen LogP) is 5.30. The number of thioether (sulfide) groups is 1. The maximum absolute atomic E-state index is 13.2. The summed E-state index contributed by atoms with van der Waals surface area (Å²) in [5, 5.41) is -0.0730. The van der Waals surface area contributed by atoms with E-state index in [0.29, 0.717) is 17.9 Å². The lowest BCUT2D eigenvalue weighted by Gasteiger charge is -2.30. The van der Waals surface area contributed by atoms with Crippen LogP contribution in [0.25, 0.3) is 0 Å². The molecule has 1 aliphatic rings. The van der Waals surface area contributed by atoms with E-state index in [0.717, 1.165) is 16.1 Å². The molecule has 3 aromatic carbocycles. The second-order valence-corrected chi connectivity index (χ2v) is 7.95. The molecule has 4 heteroatoms. The number of ether oxygens (including phenoxy) is 1. The van der Waals surface area contributed by atoms with E-state index < -0.39 is 0 Å². The molecule has 0 saturated heterocycles. The second-order valence-electron chi connectivity index (χ2n) is 6.76. The van der Waals surface area contributed by atoms with E-state index in [1.54, 1.807) is 11.8 Å². The molecular weight excluding hydrogens is 354 g/mol. The van der Waals surface area contributed by atoms with E-state index in [-0.39, 0.29) is 17.0 Å². The Hall–Kier alpha value is -2.72. The summed E-state index contributed by atoms with van der Waals surface area (Å²) >= 11 is 1.63. The van der Waals surface area contributed by atoms with Crippen LogP contribution in [0.2, 0.25) is 0 Å². The average Bonchev–Trinajstić information content (AvgIpc) is 2.69. The van der Waals surface area contributed by atoms with Crippen molar-refractivity contribution in [2.45, 2.75) is 17.1 Å². The van der Waals surface area contributed by atoms with E-state index in [4.69, 9.17) is 10.5 Å². The molecule has 3 aromatic rings. The number of anilines is 1. The van der Waals surface area contributed by atoms with Crippen LogP contribution in [-0.4, -0.2) is 12.4 Å². The van der Waals surface area contributed by atoms with Crippen LogP contribution in [0, 0.1) is 12.8 Å². The van der Waals surface area contributed by atoms with Gasteiger partial charge in [-0.15, -0.1) is 11.8 Å². The van der Waals surface area contributed by atoms with Crippen molar-refractivity contribution in [2.75, 3.05) is 12.3 Å². The van der Waals surface area contributed by atoms with Gasteiger partial charge in [-0.1, -0.05) is 54.1 Å². The van der Waals surface area contributed by atoms with Crippen molar-refractivity contribution in [1.29, 1.82) is 0 Å². The molecular formula is C23H21NO2S. The Balaban J connectivity index is 1.73. The highest BCUT2D eigenvalue weighted by atomic mass is 32.2. The lowest BCUT2D eigenvalue weighted by molar-refractivity contribution is 0.0827. The molecule has 0 fully saturated rings. The van der Waals surface area contributed by atoms with Crippen LogP contribution < -0.4 is 10.5 Å². The quantitative estimate of drug-likeness (QED) is 0.496. The zero-order chi connectivity index (χ0) is 18.8. The number of ketones is 1. The fourth-order valence-corrected chi connectivity index (χ4v) is 4.63. The SMILES string of the molecule is Cc1ccc([C@@H](Sc2ccccc2N)[C@H]2COc3ccccc3C2=O)cc1. The highest BCUT2D eigenvalue weighted by Gasteiger charge is 2.36. The first-order valence-electron chi connectivity index (χ1n) is 8.97. The summed E-state index contributed by atoms with van der Waals surface area (Å²) in [6.07, 6.45) is 0. The normalized spacial score (nSPS) is 17.1. The van der Waals surface area contributed by atoms with Crippen molar-refractivity contribution in [3.63, 3.8) is 0 Å². The number of Topliss-reactive ketones (excluding diaryl/α,β-unsaturated/α-hetero) is 1. The second kappa shape index (κ2) is 7.49. The van der Waals surface area contributed by atoms with Crippen molar-refractivity contribution in [3.8, 4) is 5.75 Å². The minimum atomic E-state index is -0.271. The Bertz CT molecular complexity index is 968. The van der Waals surface area contributed by atoms with Crippen molar-refractivity contribution in [1.82, 2.24) is 0 Å². The molecule has 0 saturated carbocycles. The van der Waals surface area contributed by atoms with Gasteiger partial charge in [-0.2, -0.15) is 0 Å². The van der Waals surface area contributed by atoms with E-state index in [9.17, 15) is 4.79 Å². The number of nitrogens with two attached hydrogens (primary N) is 1. The smallest absolute Gasteiger partial charge is 0.174 e. The molecule has 0 spiro atoms. The molecule has 3 nitrogen and oxygen atoms in total. The molecule has 2 N–H and O–H groups in total. The fraction of sp³-hybridized carbons (Fsp3) is 0.174. The largest absolute Gasteiger partial charge is 0.492 e. The molecule has 1 heterocycles. The van der Waals surface area contributed by atoms with Gasteiger partial charge in [-0.05, 0) is 36.8 Å². The molecule has 1 aliphatic heterocycles. The first-order chi connectivity index (χ1) is 13.1. The number of aryl methyl sites for hydroxylation is 1. The van der Waals surface area contributed by atoms with Crippen LogP contribution in [-0.2, 0) is 0 Å². The molecule has 4 rings (SSSR count). The molecule has 0 unspecified atom stereocenters. The Labute approximate surface area is 163 Å². The van der Waals surface area contributed by atoms with Gasteiger partial charge in [-0.3, -0.25) is 4.79 Å². The molecule has 2 atom stereocenters. The lowest BCUT2D eigenvalue weighted by atomic mass is 9.89. The maximum atomic E-state index is 13.2. The van der Waals surface area contributed by atoms with Crippen molar-refractivity contribution < 1.29 is 9.53 Å². The predicted molar refractivity (Wildman–Crippen MR) is 110 cm³/mol. The molecule has 136 valence electrons. The summed E-state index contributed by atoms with van der Waals surface area (Å²) < 4.78 is 5.94. The van der Waals surface area contributed by atoms with Gasteiger partial charge in [0.1, 0.15) is 5.75 Å². The first kappa shape index (κ1) is 17.7. The van der Waals surface area contributed by atoms with E-state index >= 15 is 0 Å². The lowest BCUT2D eigenvalue weighted by Crippen LogP contribution is -2.31. The minimum Gasteiger partial charge on any atom is -0.492 e. The highest BCUT2D eigenvalue weighted by Crippen LogP contribution is 2.46. The van der Waals surface area contributed by atoms with E-state index in [1.165, 1.54) is 5.56 Å². The number of carbonyl (C=O) groups is 1. The summed E-state index contributed by atoms with van der Waals surface area (Å²) in [5.74, 6) is 0.530. The third kappa shape index (κ3) is 3.58. The summed E-state index contributed by atoms with van der Waals surface area (Å²) in [4.78, 5) is 14.2. The standard InChI is InChI=1S/C23H21NO2S/c1-15-10-12-16(13-11-15)23(27-21-9-5-3-7-19(21)24)18-14-26-20-8-4-2-6-17(20)22(18)25/h2-13,18,23H,14,24H2,1H3/t18-,23+/m0/s1. The number of rotatable bonds is 4. The summed E-state index contributed by atoms with van der Waals surface area (Å²) in [5.41, 5.74) is 9.86. The Morgan fingerprint density at radius 1 is 1.00 bits per heavy atom. The molecule has 27 heavy (non-hydrogen) atoms. The van der Waals surface area contributed by atoms with Gasteiger partial charge in [0.15, 0.2) is 5.78 Å². The van der Waals surface area contributed by atoms with Crippen LogP contribution in [0.5, 0.6) is 5.75 Å². The first-order valence-corrected chi connectivity index (χ1v) is 9.85. The van der Waals surface area contributed by atoms with Crippen molar-refractivity contribution >= 4 is 23.2 Å². The minimum absolute atomic E-state index is 0.0730. The van der Waals surface area contributed by atoms with Crippen LogP contribution in [0.1, 0.15) is 26.7 Å². The van der Waals surface area contributed by atoms with Crippen LogP contribution in [0.4, 0.5) is 5.69 Å². The number of hydrogen-bond acceptors (Lipinski definition) is 4. The van der Waals surface area contributed by atoms with Crippen molar-refractivity contribution in [3.05, 3.63) is 89.5 Å². The Morgan fingerprint density at radius 3 is 2.48 bits per heavy atom. The Morgan fingerprint density at radius 2 is 1.70 bits per heavy atom. The van der Waals surface area contributed by atoms with Gasteiger partial charge in [-0.25, -0.2) is 0 Å². The third-order valence-electron chi connectivity index (χ3n) is 4.85. The number of benzene rings is 3.